The second-order valence-electron chi connectivity index (χ2n) is 9.36. The summed E-state index contributed by atoms with van der Waals surface area (Å²) >= 11 is 0. The van der Waals surface area contributed by atoms with Gasteiger partial charge in [0.25, 0.3) is 5.91 Å². The van der Waals surface area contributed by atoms with Gasteiger partial charge in [-0.3, -0.25) is 19.2 Å². The number of hydrogen-bond acceptors (Lipinski definition) is 9. The molecule has 5 atom stereocenters. The van der Waals surface area contributed by atoms with Gasteiger partial charge in [0.15, 0.2) is 17.9 Å². The quantitative estimate of drug-likeness (QED) is 0.139. The van der Waals surface area contributed by atoms with Crippen molar-refractivity contribution in [1.29, 1.82) is 0 Å². The van der Waals surface area contributed by atoms with Crippen molar-refractivity contribution in [3.05, 3.63) is 23.8 Å². The van der Waals surface area contributed by atoms with Crippen LogP contribution in [0.1, 0.15) is 70.7 Å². The summed E-state index contributed by atoms with van der Waals surface area (Å²) in [7, 11) is 0. The number of anilines is 1. The Hall–Kier alpha value is -3.63. The Bertz CT molecular complexity index is 994. The number of benzene rings is 1. The Labute approximate surface area is 216 Å². The van der Waals surface area contributed by atoms with Crippen molar-refractivity contribution >= 4 is 35.9 Å². The topological polar surface area (TPSA) is 157 Å². The van der Waals surface area contributed by atoms with Crippen LogP contribution in [0.3, 0.4) is 0 Å². The van der Waals surface area contributed by atoms with Crippen molar-refractivity contribution in [2.45, 2.75) is 84.7 Å². The summed E-state index contributed by atoms with van der Waals surface area (Å²) in [6, 6.07) is 2.70. The van der Waals surface area contributed by atoms with Gasteiger partial charge in [-0.25, -0.2) is 4.79 Å². The minimum Gasteiger partial charge on any atom is -0.505 e. The third-order valence-corrected chi connectivity index (χ3v) is 6.11. The third-order valence-electron chi connectivity index (χ3n) is 6.11. The van der Waals surface area contributed by atoms with Crippen LogP contribution in [0.25, 0.3) is 0 Å². The Balaban J connectivity index is 2.35. The molecule has 37 heavy (non-hydrogen) atoms. The number of para-hydroxylation sites is 1. The number of unbranched alkanes of at least 4 members (excludes halogenated alkanes) is 2. The molecule has 1 saturated heterocycles. The van der Waals surface area contributed by atoms with Crippen molar-refractivity contribution in [3.63, 3.8) is 0 Å². The number of cyclic esters (lactones) is 2. The summed E-state index contributed by atoms with van der Waals surface area (Å²) in [6.07, 6.45) is -0.0862. The van der Waals surface area contributed by atoms with E-state index in [1.54, 1.807) is 13.8 Å². The van der Waals surface area contributed by atoms with E-state index < -0.39 is 65.8 Å². The number of ether oxygens (including phenoxy) is 3. The summed E-state index contributed by atoms with van der Waals surface area (Å²) in [5, 5.41) is 15.1. The Morgan fingerprint density at radius 2 is 1.78 bits per heavy atom. The molecule has 1 aliphatic heterocycles. The van der Waals surface area contributed by atoms with Gasteiger partial charge in [-0.05, 0) is 32.4 Å². The zero-order chi connectivity index (χ0) is 27.7. The predicted octanol–water partition coefficient (Wildman–Crippen LogP) is 2.70. The lowest BCUT2D eigenvalue weighted by atomic mass is 9.92. The lowest BCUT2D eigenvalue weighted by Crippen LogP contribution is -2.50. The SMILES string of the molecule is CCCCC[C@H]1C(=O)O[C@H](C)[C@H](NC(=O)c2cccc(NC=O)c2O)C(=O)O[C@@H](C)[C@@H]1OC(=O)C(C)C. The van der Waals surface area contributed by atoms with Crippen LogP contribution in [-0.2, 0) is 33.4 Å². The van der Waals surface area contributed by atoms with E-state index in [2.05, 4.69) is 10.6 Å². The molecular formula is C26H36N2O9. The van der Waals surface area contributed by atoms with Gasteiger partial charge in [-0.2, -0.15) is 0 Å². The fraction of sp³-hybridized carbons (Fsp3) is 0.577. The minimum atomic E-state index is -1.42. The molecule has 204 valence electrons. The summed E-state index contributed by atoms with van der Waals surface area (Å²) in [4.78, 5) is 62.5. The van der Waals surface area contributed by atoms with Crippen molar-refractivity contribution < 1.29 is 43.3 Å². The average molecular weight is 521 g/mol. The lowest BCUT2D eigenvalue weighted by molar-refractivity contribution is -0.177. The number of hydrogen-bond donors (Lipinski definition) is 3. The first kappa shape index (κ1) is 29.6. The summed E-state index contributed by atoms with van der Waals surface area (Å²) in [6.45, 7) is 8.27. The molecular weight excluding hydrogens is 484 g/mol. The zero-order valence-electron chi connectivity index (χ0n) is 21.8. The highest BCUT2D eigenvalue weighted by Gasteiger charge is 2.44. The zero-order valence-corrected chi connectivity index (χ0v) is 21.8. The Morgan fingerprint density at radius 1 is 1.11 bits per heavy atom. The minimum absolute atomic E-state index is 0.00229. The number of nitrogens with one attached hydrogen (secondary N) is 2. The molecule has 0 aromatic heterocycles. The molecule has 2 amide bonds. The number of carbonyl (C=O) groups excluding carboxylic acids is 5. The summed E-state index contributed by atoms with van der Waals surface area (Å²) < 4.78 is 16.8. The van der Waals surface area contributed by atoms with Gasteiger partial charge in [0.2, 0.25) is 6.41 Å². The molecule has 0 spiro atoms. The fourth-order valence-corrected chi connectivity index (χ4v) is 3.96. The maximum atomic E-state index is 13.2. The number of amides is 2. The standard InChI is InChI=1S/C26H36N2O9/c1-6-7-8-10-18-22(37-24(32)14(2)3)16(5)36-26(34)20(15(4)35-25(18)33)28-23(31)17-11-9-12-19(21(17)30)27-13-29/h9,11-16,18,20,22,30H,6-8,10H2,1-5H3,(H,27,29)(H,28,31)/t15-,16+,18-,20+,22+/m1/s1. The summed E-state index contributed by atoms with van der Waals surface area (Å²) in [5.41, 5.74) is -0.218. The molecule has 11 heteroatoms. The Morgan fingerprint density at radius 3 is 2.41 bits per heavy atom. The maximum Gasteiger partial charge on any atom is 0.332 e. The number of phenols is 1. The lowest BCUT2D eigenvalue weighted by Gasteiger charge is -2.29. The molecule has 1 aliphatic rings. The highest BCUT2D eigenvalue weighted by atomic mass is 16.6. The largest absolute Gasteiger partial charge is 0.505 e. The van der Waals surface area contributed by atoms with Crippen LogP contribution in [-0.4, -0.2) is 59.7 Å². The van der Waals surface area contributed by atoms with Gasteiger partial charge >= 0.3 is 17.9 Å². The van der Waals surface area contributed by atoms with Crippen LogP contribution in [0, 0.1) is 11.8 Å². The highest BCUT2D eigenvalue weighted by molar-refractivity contribution is 6.01. The third kappa shape index (κ3) is 7.68. The van der Waals surface area contributed by atoms with E-state index in [1.165, 1.54) is 32.0 Å². The van der Waals surface area contributed by atoms with E-state index in [1.807, 2.05) is 6.92 Å². The molecule has 1 aromatic carbocycles. The molecule has 1 fully saturated rings. The van der Waals surface area contributed by atoms with E-state index in [0.29, 0.717) is 19.3 Å². The van der Waals surface area contributed by atoms with E-state index in [4.69, 9.17) is 14.2 Å². The molecule has 0 radical (unpaired) electrons. The number of aromatic hydroxyl groups is 1. The molecule has 11 nitrogen and oxygen atoms in total. The van der Waals surface area contributed by atoms with Crippen LogP contribution in [0.2, 0.25) is 0 Å². The van der Waals surface area contributed by atoms with Gasteiger partial charge in [0, 0.05) is 0 Å². The second-order valence-corrected chi connectivity index (χ2v) is 9.36. The molecule has 1 heterocycles. The van der Waals surface area contributed by atoms with Crippen LogP contribution in [0.4, 0.5) is 5.69 Å². The fourth-order valence-electron chi connectivity index (χ4n) is 3.96. The summed E-state index contributed by atoms with van der Waals surface area (Å²) in [5.74, 6) is -4.81. The van der Waals surface area contributed by atoms with Crippen LogP contribution >= 0.6 is 0 Å². The van der Waals surface area contributed by atoms with Gasteiger partial charge in [-0.15, -0.1) is 0 Å². The predicted molar refractivity (Wildman–Crippen MR) is 133 cm³/mol. The maximum absolute atomic E-state index is 13.2. The van der Waals surface area contributed by atoms with Gasteiger partial charge in [-0.1, -0.05) is 46.1 Å². The molecule has 0 unspecified atom stereocenters. The normalized spacial score (nSPS) is 24.1. The average Bonchev–Trinajstić information content (AvgIpc) is 2.86. The first-order valence-electron chi connectivity index (χ1n) is 12.5. The highest BCUT2D eigenvalue weighted by Crippen LogP contribution is 2.29. The van der Waals surface area contributed by atoms with E-state index in [-0.39, 0.29) is 11.3 Å². The van der Waals surface area contributed by atoms with E-state index in [9.17, 15) is 29.1 Å². The van der Waals surface area contributed by atoms with E-state index in [0.717, 1.165) is 12.8 Å². The number of phenolic OH excluding ortho intramolecular Hbond substituents is 1. The second kappa shape index (κ2) is 13.6. The molecule has 0 saturated carbocycles. The van der Waals surface area contributed by atoms with Crippen molar-refractivity contribution in [2.24, 2.45) is 11.8 Å². The number of rotatable bonds is 10. The van der Waals surface area contributed by atoms with Crippen LogP contribution < -0.4 is 10.6 Å². The van der Waals surface area contributed by atoms with Gasteiger partial charge in [0.05, 0.1) is 23.1 Å². The smallest absolute Gasteiger partial charge is 0.332 e. The van der Waals surface area contributed by atoms with Crippen molar-refractivity contribution in [2.75, 3.05) is 5.32 Å². The van der Waals surface area contributed by atoms with Gasteiger partial charge < -0.3 is 30.0 Å². The van der Waals surface area contributed by atoms with Crippen LogP contribution in [0.15, 0.2) is 18.2 Å². The molecule has 0 bridgehead atoms. The molecule has 3 N–H and O–H groups in total. The molecule has 2 rings (SSSR count). The monoisotopic (exact) mass is 520 g/mol. The van der Waals surface area contributed by atoms with Crippen LogP contribution in [0.5, 0.6) is 5.75 Å². The molecule has 0 aliphatic carbocycles. The first-order valence-corrected chi connectivity index (χ1v) is 12.5. The number of esters is 3. The van der Waals surface area contributed by atoms with Gasteiger partial charge in [0.1, 0.15) is 12.2 Å². The Kier molecular flexibility index (Phi) is 10.9. The van der Waals surface area contributed by atoms with Crippen molar-refractivity contribution in [3.8, 4) is 5.75 Å². The molecule has 1 aromatic rings. The van der Waals surface area contributed by atoms with Crippen molar-refractivity contribution in [1.82, 2.24) is 5.32 Å². The van der Waals surface area contributed by atoms with E-state index >= 15 is 0 Å². The first-order chi connectivity index (χ1) is 17.5. The number of carbonyl (C=O) groups is 5.